The molecule has 82 valence electrons. The Labute approximate surface area is 91.6 Å². The summed E-state index contributed by atoms with van der Waals surface area (Å²) in [6.45, 7) is 5.05. The van der Waals surface area contributed by atoms with Crippen molar-refractivity contribution in [2.75, 3.05) is 12.4 Å². The third-order valence-electron chi connectivity index (χ3n) is 2.98. The Bertz CT molecular complexity index is 196. The highest BCUT2D eigenvalue weighted by atomic mass is 35.5. The number of nitrogens with zero attached hydrogens (tertiary/aromatic N) is 1. The van der Waals surface area contributed by atoms with Gasteiger partial charge in [-0.1, -0.05) is 20.3 Å². The van der Waals surface area contributed by atoms with Gasteiger partial charge in [0.2, 0.25) is 5.91 Å². The lowest BCUT2D eigenvalue weighted by Crippen LogP contribution is -2.39. The summed E-state index contributed by atoms with van der Waals surface area (Å²) in [7, 11) is 0. The summed E-state index contributed by atoms with van der Waals surface area (Å²) >= 11 is 5.83. The number of halogens is 1. The zero-order valence-corrected chi connectivity index (χ0v) is 9.89. The molecule has 0 spiro atoms. The van der Waals surface area contributed by atoms with Crippen LogP contribution in [0.2, 0.25) is 0 Å². The quantitative estimate of drug-likeness (QED) is 0.663. The number of hydrogen-bond donors (Lipinski definition) is 0. The van der Waals surface area contributed by atoms with Crippen LogP contribution < -0.4 is 0 Å². The van der Waals surface area contributed by atoms with Crippen LogP contribution in [0.1, 0.15) is 39.5 Å². The van der Waals surface area contributed by atoms with Crippen LogP contribution in [0.5, 0.6) is 0 Å². The molecular formula is C11H20ClNO. The van der Waals surface area contributed by atoms with Crippen molar-refractivity contribution in [3.8, 4) is 0 Å². The maximum atomic E-state index is 12.0. The largest absolute Gasteiger partial charge is 0.338 e. The first-order valence-electron chi connectivity index (χ1n) is 5.57. The minimum Gasteiger partial charge on any atom is -0.338 e. The van der Waals surface area contributed by atoms with Gasteiger partial charge < -0.3 is 4.90 Å². The molecular weight excluding hydrogens is 198 g/mol. The fourth-order valence-electron chi connectivity index (χ4n) is 2.13. The molecule has 2 atom stereocenters. The third-order valence-corrected chi connectivity index (χ3v) is 3.34. The number of hydrogen-bond acceptors (Lipinski definition) is 1. The number of amides is 1. The Morgan fingerprint density at radius 3 is 2.93 bits per heavy atom. The molecule has 0 aromatic rings. The first kappa shape index (κ1) is 11.8. The van der Waals surface area contributed by atoms with Gasteiger partial charge in [0.05, 0.1) is 0 Å². The first-order valence-corrected chi connectivity index (χ1v) is 6.10. The second-order valence-electron chi connectivity index (χ2n) is 4.17. The molecule has 0 aromatic carbocycles. The molecule has 2 nitrogen and oxygen atoms in total. The van der Waals surface area contributed by atoms with Gasteiger partial charge in [-0.25, -0.2) is 0 Å². The summed E-state index contributed by atoms with van der Waals surface area (Å²) in [5, 5.41) is 0. The SMILES string of the molecule is CCCC(C)C(=O)N1CCCC1CCl. The Kier molecular flexibility index (Phi) is 4.73. The van der Waals surface area contributed by atoms with Crippen molar-refractivity contribution >= 4 is 17.5 Å². The third kappa shape index (κ3) is 2.63. The molecule has 0 saturated carbocycles. The molecule has 1 fully saturated rings. The standard InChI is InChI=1S/C11H20ClNO/c1-3-5-9(2)11(14)13-7-4-6-10(13)8-12/h9-10H,3-8H2,1-2H3. The Balaban J connectivity index is 2.50. The molecule has 1 heterocycles. The van der Waals surface area contributed by atoms with Crippen LogP contribution in [0.25, 0.3) is 0 Å². The number of likely N-dealkylation sites (tertiary alicyclic amines) is 1. The van der Waals surface area contributed by atoms with Crippen molar-refractivity contribution in [3.05, 3.63) is 0 Å². The lowest BCUT2D eigenvalue weighted by molar-refractivity contribution is -0.135. The van der Waals surface area contributed by atoms with Crippen LogP contribution in [0.3, 0.4) is 0 Å². The van der Waals surface area contributed by atoms with Crippen LogP contribution in [-0.2, 0) is 4.79 Å². The van der Waals surface area contributed by atoms with Gasteiger partial charge in [0.15, 0.2) is 0 Å². The summed E-state index contributed by atoms with van der Waals surface area (Å²) in [4.78, 5) is 14.0. The lowest BCUT2D eigenvalue weighted by atomic mass is 10.0. The highest BCUT2D eigenvalue weighted by molar-refractivity contribution is 6.18. The molecule has 1 aliphatic rings. The van der Waals surface area contributed by atoms with E-state index >= 15 is 0 Å². The van der Waals surface area contributed by atoms with Crippen LogP contribution in [0.15, 0.2) is 0 Å². The van der Waals surface area contributed by atoms with Crippen LogP contribution in [-0.4, -0.2) is 29.3 Å². The number of alkyl halides is 1. The van der Waals surface area contributed by atoms with Gasteiger partial charge in [0.25, 0.3) is 0 Å². The van der Waals surface area contributed by atoms with Crippen molar-refractivity contribution in [2.24, 2.45) is 5.92 Å². The number of rotatable bonds is 4. The van der Waals surface area contributed by atoms with E-state index in [-0.39, 0.29) is 5.92 Å². The van der Waals surface area contributed by atoms with E-state index in [9.17, 15) is 4.79 Å². The van der Waals surface area contributed by atoms with Crippen molar-refractivity contribution in [3.63, 3.8) is 0 Å². The molecule has 0 N–H and O–H groups in total. The van der Waals surface area contributed by atoms with Gasteiger partial charge >= 0.3 is 0 Å². The molecule has 0 aliphatic carbocycles. The van der Waals surface area contributed by atoms with Gasteiger partial charge in [0.1, 0.15) is 0 Å². The van der Waals surface area contributed by atoms with E-state index in [0.29, 0.717) is 17.8 Å². The number of carbonyl (C=O) groups excluding carboxylic acids is 1. The summed E-state index contributed by atoms with van der Waals surface area (Å²) in [6.07, 6.45) is 4.26. The van der Waals surface area contributed by atoms with Crippen LogP contribution >= 0.6 is 11.6 Å². The normalized spacial score (nSPS) is 23.9. The smallest absolute Gasteiger partial charge is 0.225 e. The van der Waals surface area contributed by atoms with Gasteiger partial charge in [-0.15, -0.1) is 11.6 Å². The van der Waals surface area contributed by atoms with Gasteiger partial charge in [0, 0.05) is 24.4 Å². The minimum atomic E-state index is 0.170. The predicted molar refractivity (Wildman–Crippen MR) is 59.5 cm³/mol. The molecule has 1 aliphatic heterocycles. The fourth-order valence-corrected chi connectivity index (χ4v) is 2.45. The number of carbonyl (C=O) groups is 1. The highest BCUT2D eigenvalue weighted by Crippen LogP contribution is 2.22. The summed E-state index contributed by atoms with van der Waals surface area (Å²) in [5.41, 5.74) is 0. The van der Waals surface area contributed by atoms with Gasteiger partial charge in [-0.2, -0.15) is 0 Å². The van der Waals surface area contributed by atoms with Crippen molar-refractivity contribution in [1.29, 1.82) is 0 Å². The highest BCUT2D eigenvalue weighted by Gasteiger charge is 2.30. The summed E-state index contributed by atoms with van der Waals surface area (Å²) in [6, 6.07) is 0.295. The zero-order valence-electron chi connectivity index (χ0n) is 9.13. The molecule has 1 amide bonds. The van der Waals surface area contributed by atoms with E-state index in [2.05, 4.69) is 6.92 Å². The van der Waals surface area contributed by atoms with Crippen LogP contribution in [0.4, 0.5) is 0 Å². The molecule has 1 saturated heterocycles. The second-order valence-corrected chi connectivity index (χ2v) is 4.48. The Morgan fingerprint density at radius 1 is 1.64 bits per heavy atom. The van der Waals surface area contributed by atoms with E-state index in [4.69, 9.17) is 11.6 Å². The zero-order chi connectivity index (χ0) is 10.6. The molecule has 0 bridgehead atoms. The maximum Gasteiger partial charge on any atom is 0.225 e. The monoisotopic (exact) mass is 217 g/mol. The molecule has 0 aromatic heterocycles. The molecule has 14 heavy (non-hydrogen) atoms. The average Bonchev–Trinajstić information content (AvgIpc) is 2.64. The molecule has 1 rings (SSSR count). The van der Waals surface area contributed by atoms with Crippen molar-refractivity contribution in [2.45, 2.75) is 45.6 Å². The van der Waals surface area contributed by atoms with Gasteiger partial charge in [-0.05, 0) is 19.3 Å². The average molecular weight is 218 g/mol. The van der Waals surface area contributed by atoms with E-state index in [0.717, 1.165) is 32.2 Å². The lowest BCUT2D eigenvalue weighted by Gasteiger charge is -2.26. The molecule has 3 heteroatoms. The molecule has 0 radical (unpaired) electrons. The second kappa shape index (κ2) is 5.59. The van der Waals surface area contributed by atoms with E-state index in [1.165, 1.54) is 0 Å². The van der Waals surface area contributed by atoms with E-state index in [1.54, 1.807) is 0 Å². The topological polar surface area (TPSA) is 20.3 Å². The minimum absolute atomic E-state index is 0.170. The van der Waals surface area contributed by atoms with Crippen molar-refractivity contribution < 1.29 is 4.79 Å². The summed E-state index contributed by atoms with van der Waals surface area (Å²) in [5.74, 6) is 1.06. The first-order chi connectivity index (χ1) is 6.70. The van der Waals surface area contributed by atoms with Crippen molar-refractivity contribution in [1.82, 2.24) is 4.90 Å². The Hall–Kier alpha value is -0.240. The molecule has 2 unspecified atom stereocenters. The van der Waals surface area contributed by atoms with Crippen LogP contribution in [0, 0.1) is 5.92 Å². The fraction of sp³-hybridized carbons (Fsp3) is 0.909. The van der Waals surface area contributed by atoms with Gasteiger partial charge in [-0.3, -0.25) is 4.79 Å². The maximum absolute atomic E-state index is 12.0. The Morgan fingerprint density at radius 2 is 2.36 bits per heavy atom. The van der Waals surface area contributed by atoms with E-state index in [1.807, 2.05) is 11.8 Å². The summed E-state index contributed by atoms with van der Waals surface area (Å²) < 4.78 is 0. The van der Waals surface area contributed by atoms with E-state index < -0.39 is 0 Å². The predicted octanol–water partition coefficient (Wildman–Crippen LogP) is 2.65.